The number of aliphatic imine (C=N–C) groups is 1. The van der Waals surface area contributed by atoms with Gasteiger partial charge in [-0.2, -0.15) is 0 Å². The van der Waals surface area contributed by atoms with E-state index in [1.165, 1.54) is 12.8 Å². The second-order valence-corrected chi connectivity index (χ2v) is 6.30. The van der Waals surface area contributed by atoms with E-state index >= 15 is 0 Å². The summed E-state index contributed by atoms with van der Waals surface area (Å²) in [5, 5.41) is 6.69. The minimum absolute atomic E-state index is 0. The van der Waals surface area contributed by atoms with Crippen molar-refractivity contribution in [3.05, 3.63) is 0 Å². The topological polar surface area (TPSA) is 56.7 Å². The first kappa shape index (κ1) is 18.5. The highest BCUT2D eigenvalue weighted by Crippen LogP contribution is 2.39. The molecule has 5 nitrogen and oxygen atoms in total. The fourth-order valence-corrected chi connectivity index (χ4v) is 2.94. The highest BCUT2D eigenvalue weighted by Gasteiger charge is 2.42. The number of guanidine groups is 1. The Morgan fingerprint density at radius 2 is 1.90 bits per heavy atom. The van der Waals surface area contributed by atoms with E-state index in [1.807, 2.05) is 14.1 Å². The van der Waals surface area contributed by atoms with Gasteiger partial charge in [0.25, 0.3) is 0 Å². The Kier molecular flexibility index (Phi) is 7.23. The molecule has 0 radical (unpaired) electrons. The SMILES string of the molecule is CCNC(=NCC1(C(=O)N(C)C)CCCC1)NC1CC1.I. The van der Waals surface area contributed by atoms with E-state index in [0.717, 1.165) is 38.2 Å². The van der Waals surface area contributed by atoms with Gasteiger partial charge in [-0.25, -0.2) is 0 Å². The average Bonchev–Trinajstić information content (AvgIpc) is 3.11. The smallest absolute Gasteiger partial charge is 0.230 e. The maximum atomic E-state index is 12.5. The van der Waals surface area contributed by atoms with E-state index in [9.17, 15) is 4.79 Å². The fraction of sp³-hybridized carbons (Fsp3) is 0.867. The van der Waals surface area contributed by atoms with Gasteiger partial charge in [0.15, 0.2) is 5.96 Å². The largest absolute Gasteiger partial charge is 0.357 e. The molecular weight excluding hydrogens is 379 g/mol. The van der Waals surface area contributed by atoms with Crippen LogP contribution in [-0.2, 0) is 4.79 Å². The molecule has 2 fully saturated rings. The van der Waals surface area contributed by atoms with Gasteiger partial charge in [-0.1, -0.05) is 12.8 Å². The minimum atomic E-state index is -0.268. The van der Waals surface area contributed by atoms with E-state index in [2.05, 4.69) is 17.6 Å². The van der Waals surface area contributed by atoms with E-state index in [0.29, 0.717) is 12.6 Å². The maximum absolute atomic E-state index is 12.5. The molecule has 0 aromatic carbocycles. The van der Waals surface area contributed by atoms with E-state index in [4.69, 9.17) is 4.99 Å². The third-order valence-corrected chi connectivity index (χ3v) is 4.22. The molecule has 2 rings (SSSR count). The highest BCUT2D eigenvalue weighted by molar-refractivity contribution is 14.0. The standard InChI is InChI=1S/C15H28N4O.HI/c1-4-16-14(18-12-7-8-12)17-11-15(9-5-6-10-15)13(20)19(2)3;/h12H,4-11H2,1-3H3,(H2,16,17,18);1H. The third-order valence-electron chi connectivity index (χ3n) is 4.22. The fourth-order valence-electron chi connectivity index (χ4n) is 2.94. The van der Waals surface area contributed by atoms with Crippen molar-refractivity contribution in [3.63, 3.8) is 0 Å². The molecule has 21 heavy (non-hydrogen) atoms. The number of amides is 1. The van der Waals surface area contributed by atoms with Crippen LogP contribution in [-0.4, -0.2) is 50.0 Å². The molecule has 0 bridgehead atoms. The summed E-state index contributed by atoms with van der Waals surface area (Å²) in [5.41, 5.74) is -0.268. The predicted molar refractivity (Wildman–Crippen MR) is 97.1 cm³/mol. The van der Waals surface area contributed by atoms with Crippen LogP contribution < -0.4 is 10.6 Å². The van der Waals surface area contributed by atoms with Gasteiger partial charge in [0, 0.05) is 26.7 Å². The van der Waals surface area contributed by atoms with Crippen LogP contribution in [0.5, 0.6) is 0 Å². The highest BCUT2D eigenvalue weighted by atomic mass is 127. The molecule has 0 aromatic rings. The van der Waals surface area contributed by atoms with Crippen LogP contribution in [0.3, 0.4) is 0 Å². The summed E-state index contributed by atoms with van der Waals surface area (Å²) >= 11 is 0. The number of hydrogen-bond acceptors (Lipinski definition) is 2. The first-order valence-electron chi connectivity index (χ1n) is 7.84. The molecule has 2 saturated carbocycles. The molecule has 0 unspecified atom stereocenters. The minimum Gasteiger partial charge on any atom is -0.357 e. The van der Waals surface area contributed by atoms with Gasteiger partial charge in [0.05, 0.1) is 12.0 Å². The van der Waals surface area contributed by atoms with Crippen LogP contribution in [0.15, 0.2) is 4.99 Å². The quantitative estimate of drug-likeness (QED) is 0.416. The van der Waals surface area contributed by atoms with Crippen molar-refractivity contribution in [2.75, 3.05) is 27.2 Å². The second-order valence-electron chi connectivity index (χ2n) is 6.30. The van der Waals surface area contributed by atoms with Gasteiger partial charge in [-0.3, -0.25) is 9.79 Å². The Morgan fingerprint density at radius 3 is 2.38 bits per heavy atom. The predicted octanol–water partition coefficient (Wildman–Crippen LogP) is 1.97. The van der Waals surface area contributed by atoms with Gasteiger partial charge in [0.2, 0.25) is 5.91 Å². The van der Waals surface area contributed by atoms with Gasteiger partial charge in [0.1, 0.15) is 0 Å². The van der Waals surface area contributed by atoms with Crippen molar-refractivity contribution >= 4 is 35.8 Å². The summed E-state index contributed by atoms with van der Waals surface area (Å²) in [5.74, 6) is 1.11. The molecule has 2 N–H and O–H groups in total. The molecule has 0 aliphatic heterocycles. The van der Waals surface area contributed by atoms with Crippen LogP contribution in [0.25, 0.3) is 0 Å². The lowest BCUT2D eigenvalue weighted by Gasteiger charge is -2.29. The maximum Gasteiger partial charge on any atom is 0.230 e. The zero-order valence-electron chi connectivity index (χ0n) is 13.4. The number of rotatable bonds is 5. The average molecular weight is 408 g/mol. The van der Waals surface area contributed by atoms with Crippen molar-refractivity contribution < 1.29 is 4.79 Å². The number of carbonyl (C=O) groups is 1. The van der Waals surface area contributed by atoms with Gasteiger partial charge in [-0.15, -0.1) is 24.0 Å². The van der Waals surface area contributed by atoms with Crippen LogP contribution in [0.4, 0.5) is 0 Å². The van der Waals surface area contributed by atoms with Crippen molar-refractivity contribution in [2.45, 2.75) is 51.5 Å². The Balaban J connectivity index is 0.00000220. The van der Waals surface area contributed by atoms with Crippen molar-refractivity contribution in [1.29, 1.82) is 0 Å². The van der Waals surface area contributed by atoms with Crippen molar-refractivity contribution in [1.82, 2.24) is 15.5 Å². The first-order valence-corrected chi connectivity index (χ1v) is 7.84. The van der Waals surface area contributed by atoms with Gasteiger partial charge in [-0.05, 0) is 32.6 Å². The second kappa shape index (κ2) is 8.19. The number of nitrogens with zero attached hydrogens (tertiary/aromatic N) is 2. The van der Waals surface area contributed by atoms with Crippen LogP contribution >= 0.6 is 24.0 Å². The number of halogens is 1. The van der Waals surface area contributed by atoms with Crippen molar-refractivity contribution in [2.24, 2.45) is 10.4 Å². The lowest BCUT2D eigenvalue weighted by Crippen LogP contribution is -2.43. The molecule has 2 aliphatic carbocycles. The zero-order valence-corrected chi connectivity index (χ0v) is 15.8. The molecule has 6 heteroatoms. The Labute approximate surface area is 145 Å². The molecule has 1 amide bonds. The zero-order chi connectivity index (χ0) is 14.6. The summed E-state index contributed by atoms with van der Waals surface area (Å²) in [6, 6.07) is 0.580. The number of carbonyl (C=O) groups excluding carboxylic acids is 1. The first-order chi connectivity index (χ1) is 9.57. The van der Waals surface area contributed by atoms with Gasteiger partial charge < -0.3 is 15.5 Å². The van der Waals surface area contributed by atoms with E-state index < -0.39 is 0 Å². The molecule has 122 valence electrons. The van der Waals surface area contributed by atoms with E-state index in [1.54, 1.807) is 4.90 Å². The third kappa shape index (κ3) is 5.00. The summed E-state index contributed by atoms with van der Waals surface area (Å²) in [6.07, 6.45) is 6.68. The monoisotopic (exact) mass is 408 g/mol. The normalized spacial score (nSPS) is 20.6. The lowest BCUT2D eigenvalue weighted by atomic mass is 9.85. The molecule has 0 spiro atoms. The molecule has 0 heterocycles. The lowest BCUT2D eigenvalue weighted by molar-refractivity contribution is -0.138. The summed E-state index contributed by atoms with van der Waals surface area (Å²) in [7, 11) is 3.69. The Morgan fingerprint density at radius 1 is 1.29 bits per heavy atom. The van der Waals surface area contributed by atoms with Crippen LogP contribution in [0.1, 0.15) is 45.4 Å². The summed E-state index contributed by atoms with van der Waals surface area (Å²) in [6.45, 7) is 3.53. The Hall–Kier alpha value is -0.530. The van der Waals surface area contributed by atoms with Crippen LogP contribution in [0, 0.1) is 5.41 Å². The number of nitrogens with one attached hydrogen (secondary N) is 2. The molecule has 0 aromatic heterocycles. The molecular formula is C15H29IN4O. The molecule has 0 atom stereocenters. The summed E-state index contributed by atoms with van der Waals surface area (Å²) < 4.78 is 0. The Bertz CT molecular complexity index is 374. The number of hydrogen-bond donors (Lipinski definition) is 2. The molecule has 0 saturated heterocycles. The summed E-state index contributed by atoms with van der Waals surface area (Å²) in [4.78, 5) is 18.9. The van der Waals surface area contributed by atoms with Crippen LogP contribution in [0.2, 0.25) is 0 Å². The molecule has 2 aliphatic rings. The van der Waals surface area contributed by atoms with Crippen molar-refractivity contribution in [3.8, 4) is 0 Å². The van der Waals surface area contributed by atoms with Gasteiger partial charge >= 0.3 is 0 Å². The van der Waals surface area contributed by atoms with E-state index in [-0.39, 0.29) is 35.3 Å².